The van der Waals surface area contributed by atoms with Gasteiger partial charge < -0.3 is 24.1 Å². The van der Waals surface area contributed by atoms with Crippen LogP contribution in [-0.4, -0.2) is 43.7 Å². The molecule has 1 amide bonds. The predicted octanol–water partition coefficient (Wildman–Crippen LogP) is 4.85. The highest BCUT2D eigenvalue weighted by atomic mass is 16.7. The summed E-state index contributed by atoms with van der Waals surface area (Å²) in [5.41, 5.74) is 2.35. The van der Waals surface area contributed by atoms with Crippen molar-refractivity contribution in [2.24, 2.45) is 0 Å². The maximum atomic E-state index is 12.2. The lowest BCUT2D eigenvalue weighted by atomic mass is 9.76. The maximum absolute atomic E-state index is 12.2. The predicted molar refractivity (Wildman–Crippen MR) is 121 cm³/mol. The zero-order valence-corrected chi connectivity index (χ0v) is 20.1. The van der Waals surface area contributed by atoms with Gasteiger partial charge in [0, 0.05) is 6.54 Å². The third-order valence-electron chi connectivity index (χ3n) is 5.43. The van der Waals surface area contributed by atoms with E-state index in [0.717, 1.165) is 27.9 Å². The minimum absolute atomic E-state index is 0.246. The van der Waals surface area contributed by atoms with Crippen LogP contribution in [0.15, 0.2) is 17.6 Å². The van der Waals surface area contributed by atoms with Crippen molar-refractivity contribution in [1.82, 2.24) is 5.32 Å². The molecule has 0 saturated carbocycles. The Morgan fingerprint density at radius 2 is 1.60 bits per heavy atom. The number of ether oxygens (including phenoxy) is 2. The van der Waals surface area contributed by atoms with E-state index >= 15 is 0 Å². The van der Waals surface area contributed by atoms with Crippen LogP contribution < -0.4 is 10.1 Å². The first-order chi connectivity index (χ1) is 13.6. The molecule has 1 aromatic rings. The third kappa shape index (κ3) is 5.79. The van der Waals surface area contributed by atoms with E-state index in [2.05, 4.69) is 5.32 Å². The Morgan fingerprint density at radius 1 is 1.10 bits per heavy atom. The van der Waals surface area contributed by atoms with Crippen LogP contribution in [0.5, 0.6) is 5.75 Å². The number of carbonyl (C=O) groups is 1. The van der Waals surface area contributed by atoms with Crippen molar-refractivity contribution < 1.29 is 23.6 Å². The summed E-state index contributed by atoms with van der Waals surface area (Å²) in [5, 5.41) is 2.83. The van der Waals surface area contributed by atoms with Crippen molar-refractivity contribution in [3.8, 4) is 5.75 Å². The summed E-state index contributed by atoms with van der Waals surface area (Å²) in [6, 6.07) is 4.09. The van der Waals surface area contributed by atoms with Gasteiger partial charge in [0.25, 0.3) is 0 Å². The standard InChI is InChI=1S/C23H36BNO5/c1-15-11-17(12-16(2)19(15)27-10)13-18(14-25-20(26)28-21(3,4)5)24-29-22(6,7)23(8,9)30-24/h11-13H,14H2,1-10H3,(H,25,26). The average Bonchev–Trinajstić information content (AvgIpc) is 2.77. The summed E-state index contributed by atoms with van der Waals surface area (Å²) in [7, 11) is 1.10. The van der Waals surface area contributed by atoms with Crippen LogP contribution in [0.1, 0.15) is 65.2 Å². The van der Waals surface area contributed by atoms with Crippen LogP contribution in [0, 0.1) is 13.8 Å². The number of benzene rings is 1. The van der Waals surface area contributed by atoms with Crippen molar-refractivity contribution in [2.45, 2.75) is 79.1 Å². The first-order valence-electron chi connectivity index (χ1n) is 10.3. The second-order valence-electron chi connectivity index (χ2n) is 9.85. The van der Waals surface area contributed by atoms with E-state index in [9.17, 15) is 4.79 Å². The summed E-state index contributed by atoms with van der Waals surface area (Å²) < 4.78 is 23.3. The highest BCUT2D eigenvalue weighted by Crippen LogP contribution is 2.39. The molecule has 0 atom stereocenters. The second kappa shape index (κ2) is 8.63. The molecule has 1 fully saturated rings. The molecule has 166 valence electrons. The summed E-state index contributed by atoms with van der Waals surface area (Å²) >= 11 is 0. The smallest absolute Gasteiger partial charge is 0.492 e. The number of alkyl carbamates (subject to hydrolysis) is 1. The van der Waals surface area contributed by atoms with Gasteiger partial charge in [-0.15, -0.1) is 0 Å². The Kier molecular flexibility index (Phi) is 6.99. The number of hydrogen-bond donors (Lipinski definition) is 1. The molecule has 0 bridgehead atoms. The molecular weight excluding hydrogens is 381 g/mol. The van der Waals surface area contributed by atoms with Crippen molar-refractivity contribution >= 4 is 19.3 Å². The first kappa shape index (κ1) is 24.3. The highest BCUT2D eigenvalue weighted by Gasteiger charge is 2.52. The lowest BCUT2D eigenvalue weighted by Crippen LogP contribution is -2.41. The van der Waals surface area contributed by atoms with Gasteiger partial charge in [-0.1, -0.05) is 6.08 Å². The molecule has 2 rings (SSSR count). The van der Waals surface area contributed by atoms with Gasteiger partial charge in [0.05, 0.1) is 18.3 Å². The fourth-order valence-corrected chi connectivity index (χ4v) is 3.29. The SMILES string of the molecule is COc1c(C)cc(C=C(CNC(=O)OC(C)(C)C)B2OC(C)(C)C(C)(C)O2)cc1C. The van der Waals surface area contributed by atoms with Gasteiger partial charge in [-0.2, -0.15) is 0 Å². The molecule has 1 heterocycles. The van der Waals surface area contributed by atoms with Gasteiger partial charge >= 0.3 is 13.2 Å². The molecule has 1 aliphatic heterocycles. The Balaban J connectivity index is 2.34. The van der Waals surface area contributed by atoms with Crippen LogP contribution >= 0.6 is 0 Å². The fourth-order valence-electron chi connectivity index (χ4n) is 3.29. The van der Waals surface area contributed by atoms with Crippen molar-refractivity contribution in [2.75, 3.05) is 13.7 Å². The monoisotopic (exact) mass is 417 g/mol. The molecule has 7 heteroatoms. The minimum Gasteiger partial charge on any atom is -0.496 e. The molecule has 1 saturated heterocycles. The van der Waals surface area contributed by atoms with Crippen molar-refractivity contribution in [3.63, 3.8) is 0 Å². The number of carbonyl (C=O) groups excluding carboxylic acids is 1. The quantitative estimate of drug-likeness (QED) is 0.694. The topological polar surface area (TPSA) is 66.0 Å². The fraction of sp³-hybridized carbons (Fsp3) is 0.609. The molecule has 0 aliphatic carbocycles. The van der Waals surface area contributed by atoms with Gasteiger partial charge in [-0.05, 0) is 96.6 Å². The summed E-state index contributed by atoms with van der Waals surface area (Å²) in [4.78, 5) is 12.2. The van der Waals surface area contributed by atoms with Crippen LogP contribution in [-0.2, 0) is 14.0 Å². The lowest BCUT2D eigenvalue weighted by Gasteiger charge is -2.32. The number of methoxy groups -OCH3 is 1. The Labute approximate surface area is 181 Å². The summed E-state index contributed by atoms with van der Waals surface area (Å²) in [5.74, 6) is 0.871. The minimum atomic E-state index is -0.576. The highest BCUT2D eigenvalue weighted by molar-refractivity contribution is 6.56. The molecule has 30 heavy (non-hydrogen) atoms. The van der Waals surface area contributed by atoms with E-state index in [1.54, 1.807) is 7.11 Å². The Morgan fingerprint density at radius 3 is 2.03 bits per heavy atom. The number of hydrogen-bond acceptors (Lipinski definition) is 5. The van der Waals surface area contributed by atoms with E-state index < -0.39 is 30.0 Å². The zero-order chi connectivity index (χ0) is 22.9. The van der Waals surface area contributed by atoms with Crippen LogP contribution in [0.25, 0.3) is 6.08 Å². The molecule has 0 spiro atoms. The summed E-state index contributed by atoms with van der Waals surface area (Å²) in [6.07, 6.45) is 1.52. The van der Waals surface area contributed by atoms with Crippen LogP contribution in [0.4, 0.5) is 4.79 Å². The Bertz CT molecular complexity index is 784. The zero-order valence-electron chi connectivity index (χ0n) is 20.1. The van der Waals surface area contributed by atoms with Gasteiger partial charge in [-0.3, -0.25) is 0 Å². The number of nitrogens with one attached hydrogen (secondary N) is 1. The molecule has 1 N–H and O–H groups in total. The molecule has 1 aromatic carbocycles. The van der Waals surface area contributed by atoms with Crippen molar-refractivity contribution in [3.05, 3.63) is 34.3 Å². The normalized spacial score (nSPS) is 18.3. The molecule has 1 aliphatic rings. The second-order valence-corrected chi connectivity index (χ2v) is 9.85. The molecule has 0 unspecified atom stereocenters. The van der Waals surface area contributed by atoms with E-state index in [0.29, 0.717) is 0 Å². The van der Waals surface area contributed by atoms with Gasteiger partial charge in [0.1, 0.15) is 11.4 Å². The third-order valence-corrected chi connectivity index (χ3v) is 5.43. The van der Waals surface area contributed by atoms with E-state index in [-0.39, 0.29) is 6.54 Å². The van der Waals surface area contributed by atoms with E-state index in [4.69, 9.17) is 18.8 Å². The van der Waals surface area contributed by atoms with Gasteiger partial charge in [-0.25, -0.2) is 4.79 Å². The first-order valence-corrected chi connectivity index (χ1v) is 10.3. The largest absolute Gasteiger partial charge is 0.496 e. The Hall–Kier alpha value is -1.99. The maximum Gasteiger partial charge on any atom is 0.492 e. The lowest BCUT2D eigenvalue weighted by molar-refractivity contribution is 0.00578. The molecular formula is C23H36BNO5. The van der Waals surface area contributed by atoms with Crippen molar-refractivity contribution in [1.29, 1.82) is 0 Å². The molecule has 0 radical (unpaired) electrons. The number of amides is 1. The molecule has 0 aromatic heterocycles. The number of aryl methyl sites for hydroxylation is 2. The summed E-state index contributed by atoms with van der Waals surface area (Å²) in [6.45, 7) is 17.8. The van der Waals surface area contributed by atoms with Crippen LogP contribution in [0.3, 0.4) is 0 Å². The van der Waals surface area contributed by atoms with E-state index in [1.165, 1.54) is 0 Å². The molecule has 6 nitrogen and oxygen atoms in total. The number of rotatable bonds is 5. The van der Waals surface area contributed by atoms with Crippen LogP contribution in [0.2, 0.25) is 0 Å². The van der Waals surface area contributed by atoms with E-state index in [1.807, 2.05) is 80.5 Å². The van der Waals surface area contributed by atoms with Gasteiger partial charge in [0.15, 0.2) is 0 Å². The van der Waals surface area contributed by atoms with Gasteiger partial charge in [0.2, 0.25) is 0 Å². The average molecular weight is 417 g/mol.